The number of amides is 1. The fourth-order valence-corrected chi connectivity index (χ4v) is 4.69. The quantitative estimate of drug-likeness (QED) is 0.520. The van der Waals surface area contributed by atoms with Gasteiger partial charge in [0.1, 0.15) is 17.2 Å². The second-order valence-electron chi connectivity index (χ2n) is 8.41. The van der Waals surface area contributed by atoms with Crippen molar-refractivity contribution >= 4 is 6.09 Å². The maximum absolute atomic E-state index is 11.8. The van der Waals surface area contributed by atoms with Crippen LogP contribution in [0.3, 0.4) is 0 Å². The second kappa shape index (κ2) is 7.54. The van der Waals surface area contributed by atoms with E-state index in [4.69, 9.17) is 19.7 Å². The number of hydrogen-bond donors (Lipinski definition) is 1. The molecule has 6 heterocycles. The number of H-pyrrole nitrogens is 1. The van der Waals surface area contributed by atoms with E-state index in [0.29, 0.717) is 18.9 Å². The number of nitrogens with zero attached hydrogens (tertiary/aromatic N) is 6. The number of nitrogens with one attached hydrogen (secondary N) is 1. The van der Waals surface area contributed by atoms with E-state index in [1.165, 1.54) is 7.11 Å². The van der Waals surface area contributed by atoms with Crippen LogP contribution in [0.25, 0.3) is 34.2 Å². The zero-order valence-electron chi connectivity index (χ0n) is 18.5. The third-order valence-electron chi connectivity index (χ3n) is 6.22. The first-order chi connectivity index (χ1) is 16.1. The molecule has 1 N–H and O–H groups in total. The fourth-order valence-electron chi connectivity index (χ4n) is 4.69. The van der Waals surface area contributed by atoms with E-state index in [9.17, 15) is 4.79 Å². The lowest BCUT2D eigenvalue weighted by Crippen LogP contribution is -2.25. The van der Waals surface area contributed by atoms with Gasteiger partial charge >= 0.3 is 6.09 Å². The SMILES string of the molecule is COC(=O)N1Cc2nc(-c3cc(-c4c(-c5cccc(C)n5)nc5n4CCC5)ccn3)[nH]c2C1. The molecule has 0 spiro atoms. The van der Waals surface area contributed by atoms with Crippen LogP contribution in [-0.2, 0) is 30.8 Å². The Labute approximate surface area is 190 Å². The molecule has 0 saturated carbocycles. The molecule has 9 heteroatoms. The summed E-state index contributed by atoms with van der Waals surface area (Å²) in [6.07, 6.45) is 3.52. The lowest BCUT2D eigenvalue weighted by molar-refractivity contribution is 0.122. The Bertz CT molecular complexity index is 1360. The number of aryl methyl sites for hydroxylation is 2. The zero-order valence-corrected chi connectivity index (χ0v) is 18.5. The minimum Gasteiger partial charge on any atom is -0.453 e. The number of fused-ring (bicyclic) bond motifs is 2. The van der Waals surface area contributed by atoms with Gasteiger partial charge in [0.25, 0.3) is 0 Å². The van der Waals surface area contributed by atoms with Crippen molar-refractivity contribution in [1.29, 1.82) is 0 Å². The van der Waals surface area contributed by atoms with Crippen molar-refractivity contribution < 1.29 is 9.53 Å². The van der Waals surface area contributed by atoms with E-state index in [-0.39, 0.29) is 6.09 Å². The Morgan fingerprint density at radius 3 is 2.85 bits per heavy atom. The van der Waals surface area contributed by atoms with Gasteiger partial charge in [0.15, 0.2) is 5.82 Å². The number of carbonyl (C=O) groups is 1. The number of ether oxygens (including phenoxy) is 1. The molecule has 0 aromatic carbocycles. The standard InChI is InChI=1S/C24H23N7O2/c1-14-5-3-6-16(26-14)21-22(31-10-4-7-20(31)29-21)15-8-9-25-17(11-15)23-27-18-12-30(24(32)33-2)13-19(18)28-23/h3,5-6,8-9,11H,4,7,10,12-13H2,1-2H3,(H,27,28). The summed E-state index contributed by atoms with van der Waals surface area (Å²) < 4.78 is 7.12. The van der Waals surface area contributed by atoms with E-state index < -0.39 is 0 Å². The lowest BCUT2D eigenvalue weighted by Gasteiger charge is -2.13. The molecule has 0 aliphatic carbocycles. The van der Waals surface area contributed by atoms with Crippen LogP contribution in [0.15, 0.2) is 36.5 Å². The average Bonchev–Trinajstić information content (AvgIpc) is 3.58. The predicted octanol–water partition coefficient (Wildman–Crippen LogP) is 3.73. The summed E-state index contributed by atoms with van der Waals surface area (Å²) in [4.78, 5) is 35.7. The van der Waals surface area contributed by atoms with Gasteiger partial charge in [0, 0.05) is 30.4 Å². The topological polar surface area (TPSA) is 102 Å². The normalized spacial score (nSPS) is 14.4. The van der Waals surface area contributed by atoms with Crippen molar-refractivity contribution in [3.63, 3.8) is 0 Å². The number of methoxy groups -OCH3 is 1. The van der Waals surface area contributed by atoms with E-state index >= 15 is 0 Å². The zero-order chi connectivity index (χ0) is 22.5. The van der Waals surface area contributed by atoms with Gasteiger partial charge in [-0.2, -0.15) is 0 Å². The molecule has 0 atom stereocenters. The molecule has 2 aliphatic heterocycles. The first-order valence-corrected chi connectivity index (χ1v) is 11.0. The first kappa shape index (κ1) is 19.7. The maximum atomic E-state index is 11.8. The van der Waals surface area contributed by atoms with Crippen molar-refractivity contribution in [2.24, 2.45) is 0 Å². The largest absolute Gasteiger partial charge is 0.453 e. The van der Waals surface area contributed by atoms with Gasteiger partial charge < -0.3 is 14.3 Å². The monoisotopic (exact) mass is 441 g/mol. The number of hydrogen-bond acceptors (Lipinski definition) is 6. The van der Waals surface area contributed by atoms with Crippen molar-refractivity contribution in [2.45, 2.75) is 39.4 Å². The minimum absolute atomic E-state index is 0.352. The number of aromatic nitrogens is 6. The molecule has 4 aromatic rings. The van der Waals surface area contributed by atoms with Crippen LogP contribution in [0, 0.1) is 6.92 Å². The van der Waals surface area contributed by atoms with Crippen LogP contribution in [0.1, 0.15) is 29.3 Å². The second-order valence-corrected chi connectivity index (χ2v) is 8.41. The molecule has 9 nitrogen and oxygen atoms in total. The van der Waals surface area contributed by atoms with Crippen molar-refractivity contribution in [1.82, 2.24) is 34.4 Å². The van der Waals surface area contributed by atoms with Gasteiger partial charge in [0.05, 0.1) is 43.0 Å². The summed E-state index contributed by atoms with van der Waals surface area (Å²) >= 11 is 0. The summed E-state index contributed by atoms with van der Waals surface area (Å²) in [6, 6.07) is 10.1. The molecular formula is C24H23N7O2. The number of rotatable bonds is 3. The molecule has 0 radical (unpaired) electrons. The Balaban J connectivity index is 1.39. The third-order valence-corrected chi connectivity index (χ3v) is 6.22. The Hall–Kier alpha value is -4.01. The average molecular weight is 441 g/mol. The Morgan fingerprint density at radius 1 is 1.12 bits per heavy atom. The van der Waals surface area contributed by atoms with E-state index in [0.717, 1.165) is 70.6 Å². The van der Waals surface area contributed by atoms with Crippen molar-refractivity contribution in [2.75, 3.05) is 7.11 Å². The van der Waals surface area contributed by atoms with E-state index in [1.807, 2.05) is 37.3 Å². The van der Waals surface area contributed by atoms with Crippen molar-refractivity contribution in [3.05, 3.63) is 59.4 Å². The molecule has 0 fully saturated rings. The molecule has 0 unspecified atom stereocenters. The summed E-state index contributed by atoms with van der Waals surface area (Å²) in [7, 11) is 1.39. The van der Waals surface area contributed by atoms with Crippen LogP contribution in [0.4, 0.5) is 4.79 Å². The molecule has 166 valence electrons. The predicted molar refractivity (Wildman–Crippen MR) is 121 cm³/mol. The summed E-state index contributed by atoms with van der Waals surface area (Å²) in [5.41, 5.74) is 7.37. The van der Waals surface area contributed by atoms with Gasteiger partial charge in [-0.15, -0.1) is 0 Å². The third kappa shape index (κ3) is 3.27. The van der Waals surface area contributed by atoms with Crippen LogP contribution in [-0.4, -0.2) is 47.6 Å². The van der Waals surface area contributed by atoms with Crippen LogP contribution < -0.4 is 0 Å². The molecule has 6 rings (SSSR count). The lowest BCUT2D eigenvalue weighted by atomic mass is 10.1. The van der Waals surface area contributed by atoms with Crippen LogP contribution in [0.5, 0.6) is 0 Å². The highest BCUT2D eigenvalue weighted by Gasteiger charge is 2.28. The number of imidazole rings is 2. The van der Waals surface area contributed by atoms with Crippen LogP contribution >= 0.6 is 0 Å². The Morgan fingerprint density at radius 2 is 2.03 bits per heavy atom. The van der Waals surface area contributed by atoms with Gasteiger partial charge in [-0.05, 0) is 37.6 Å². The maximum Gasteiger partial charge on any atom is 0.410 e. The summed E-state index contributed by atoms with van der Waals surface area (Å²) in [5.74, 6) is 1.80. The summed E-state index contributed by atoms with van der Waals surface area (Å²) in [6.45, 7) is 3.82. The first-order valence-electron chi connectivity index (χ1n) is 11.0. The highest BCUT2D eigenvalue weighted by molar-refractivity contribution is 5.79. The molecule has 2 aliphatic rings. The van der Waals surface area contributed by atoms with Gasteiger partial charge in [0.2, 0.25) is 0 Å². The molecule has 33 heavy (non-hydrogen) atoms. The summed E-state index contributed by atoms with van der Waals surface area (Å²) in [5, 5.41) is 0. The molecule has 4 aromatic heterocycles. The smallest absolute Gasteiger partial charge is 0.410 e. The number of pyridine rings is 2. The highest BCUT2D eigenvalue weighted by Crippen LogP contribution is 2.36. The number of carbonyl (C=O) groups excluding carboxylic acids is 1. The van der Waals surface area contributed by atoms with E-state index in [1.54, 1.807) is 11.1 Å². The van der Waals surface area contributed by atoms with Gasteiger partial charge in [-0.3, -0.25) is 14.9 Å². The Kier molecular flexibility index (Phi) is 4.49. The van der Waals surface area contributed by atoms with Crippen molar-refractivity contribution in [3.8, 4) is 34.2 Å². The number of aromatic amines is 1. The molecule has 0 bridgehead atoms. The molecule has 1 amide bonds. The minimum atomic E-state index is -0.352. The molecular weight excluding hydrogens is 418 g/mol. The molecule has 0 saturated heterocycles. The highest BCUT2D eigenvalue weighted by atomic mass is 16.5. The van der Waals surface area contributed by atoms with E-state index in [2.05, 4.69) is 14.5 Å². The van der Waals surface area contributed by atoms with Crippen LogP contribution in [0.2, 0.25) is 0 Å². The van der Waals surface area contributed by atoms with Gasteiger partial charge in [-0.1, -0.05) is 6.07 Å². The van der Waals surface area contributed by atoms with Gasteiger partial charge in [-0.25, -0.2) is 14.8 Å². The fraction of sp³-hybridized carbons (Fsp3) is 0.292.